The lowest BCUT2D eigenvalue weighted by Gasteiger charge is -2.23. The average Bonchev–Trinajstić information content (AvgIpc) is 3.50. The quantitative estimate of drug-likeness (QED) is 0.397. The van der Waals surface area contributed by atoms with Crippen molar-refractivity contribution in [3.8, 4) is 11.3 Å². The maximum Gasteiger partial charge on any atom is 0.254 e. The number of hydrogen-bond acceptors (Lipinski definition) is 5. The van der Waals surface area contributed by atoms with Gasteiger partial charge in [-0.3, -0.25) is 4.79 Å². The Morgan fingerprint density at radius 3 is 2.50 bits per heavy atom. The number of fused-ring (bicyclic) bond motifs is 1. The van der Waals surface area contributed by atoms with E-state index in [1.165, 1.54) is 18.2 Å². The predicted molar refractivity (Wildman–Crippen MR) is 140 cm³/mol. The van der Waals surface area contributed by atoms with Gasteiger partial charge in [0.15, 0.2) is 5.84 Å². The maximum absolute atomic E-state index is 14.1. The Morgan fingerprint density at radius 1 is 1.06 bits per heavy atom. The molecular weight excluding hydrogens is 455 g/mol. The molecule has 2 unspecified atom stereocenters. The van der Waals surface area contributed by atoms with Crippen molar-refractivity contribution in [3.63, 3.8) is 0 Å². The number of carbonyl (C=O) groups excluding carboxylic acids is 1. The number of rotatable bonds is 5. The average molecular weight is 483 g/mol. The molecule has 0 N–H and O–H groups in total. The third-order valence-electron chi connectivity index (χ3n) is 6.72. The van der Waals surface area contributed by atoms with Gasteiger partial charge < -0.3 is 9.80 Å². The van der Waals surface area contributed by atoms with Crippen molar-refractivity contribution in [2.45, 2.75) is 6.92 Å². The van der Waals surface area contributed by atoms with Crippen LogP contribution in [0, 0.1) is 17.7 Å². The summed E-state index contributed by atoms with van der Waals surface area (Å²) in [5, 5.41) is 0. The Balaban J connectivity index is 1.31. The summed E-state index contributed by atoms with van der Waals surface area (Å²) in [5.74, 6) is 0.893. The molecule has 1 aromatic heterocycles. The summed E-state index contributed by atoms with van der Waals surface area (Å²) in [6.45, 7) is 8.13. The maximum atomic E-state index is 14.1. The van der Waals surface area contributed by atoms with E-state index in [1.807, 2.05) is 48.2 Å². The highest BCUT2D eigenvalue weighted by Gasteiger charge is 2.43. The molecule has 2 atom stereocenters. The van der Waals surface area contributed by atoms with Gasteiger partial charge in [0.1, 0.15) is 5.82 Å². The van der Waals surface area contributed by atoms with Crippen LogP contribution in [0.5, 0.6) is 0 Å². The summed E-state index contributed by atoms with van der Waals surface area (Å²) in [6.07, 6.45) is 5.12. The van der Waals surface area contributed by atoms with Crippen molar-refractivity contribution >= 4 is 24.4 Å². The van der Waals surface area contributed by atoms with Crippen LogP contribution in [0.2, 0.25) is 0 Å². The van der Waals surface area contributed by atoms with Gasteiger partial charge in [-0.2, -0.15) is 0 Å². The van der Waals surface area contributed by atoms with E-state index in [9.17, 15) is 9.18 Å². The Hall–Kier alpha value is -4.20. The molecule has 182 valence electrons. The molecular formula is C28H27FN6O. The van der Waals surface area contributed by atoms with Gasteiger partial charge in [-0.15, -0.1) is 0 Å². The predicted octanol–water partition coefficient (Wildman–Crippen LogP) is 4.47. The monoisotopic (exact) mass is 482 g/mol. The van der Waals surface area contributed by atoms with E-state index >= 15 is 0 Å². The van der Waals surface area contributed by atoms with Crippen molar-refractivity contribution in [1.82, 2.24) is 14.9 Å². The van der Waals surface area contributed by atoms with E-state index in [1.54, 1.807) is 18.5 Å². The summed E-state index contributed by atoms with van der Waals surface area (Å²) in [6, 6.07) is 16.1. The van der Waals surface area contributed by atoms with Gasteiger partial charge in [-0.1, -0.05) is 36.4 Å². The number of aliphatic imine (C=N–C) groups is 2. The largest absolute Gasteiger partial charge is 0.340 e. The number of nitrogens with zero attached hydrogens (tertiary/aromatic N) is 6. The topological polar surface area (TPSA) is 74.1 Å². The third kappa shape index (κ3) is 4.66. The van der Waals surface area contributed by atoms with Crippen LogP contribution >= 0.6 is 0 Å². The Labute approximate surface area is 209 Å². The number of likely N-dealkylation sites (tertiary alicyclic amines) is 1. The van der Waals surface area contributed by atoms with Crippen LogP contribution in [0.3, 0.4) is 0 Å². The van der Waals surface area contributed by atoms with Crippen molar-refractivity contribution in [1.29, 1.82) is 0 Å². The fourth-order valence-electron chi connectivity index (χ4n) is 4.99. The first kappa shape index (κ1) is 23.5. The molecule has 5 rings (SSSR count). The minimum Gasteiger partial charge on any atom is -0.340 e. The summed E-state index contributed by atoms with van der Waals surface area (Å²) in [5.41, 5.74) is 2.66. The van der Waals surface area contributed by atoms with Crippen molar-refractivity contribution in [3.05, 3.63) is 90.0 Å². The zero-order chi connectivity index (χ0) is 25.1. The molecule has 8 heteroatoms. The molecule has 0 bridgehead atoms. The summed E-state index contributed by atoms with van der Waals surface area (Å²) in [7, 11) is 0. The van der Waals surface area contributed by atoms with Gasteiger partial charge in [0.2, 0.25) is 5.95 Å². The fraction of sp³-hybridized carbons (Fsp3) is 0.250. The zero-order valence-corrected chi connectivity index (χ0v) is 20.1. The van der Waals surface area contributed by atoms with Crippen LogP contribution in [0.25, 0.3) is 11.3 Å². The molecule has 3 heterocycles. The van der Waals surface area contributed by atoms with Gasteiger partial charge in [0.25, 0.3) is 5.91 Å². The number of hydrogen-bond donors (Lipinski definition) is 0. The van der Waals surface area contributed by atoms with Crippen LogP contribution in [0.15, 0.2) is 83.1 Å². The first-order chi connectivity index (χ1) is 17.6. The molecule has 2 aromatic carbocycles. The minimum atomic E-state index is -0.474. The lowest BCUT2D eigenvalue weighted by molar-refractivity contribution is 0.0782. The Kier molecular flexibility index (Phi) is 6.66. The molecule has 2 aliphatic rings. The van der Waals surface area contributed by atoms with Crippen molar-refractivity contribution in [2.75, 3.05) is 31.1 Å². The zero-order valence-electron chi connectivity index (χ0n) is 20.1. The highest BCUT2D eigenvalue weighted by molar-refractivity contribution is 6.11. The standard InChI is InChI=1S/C28H27FN6O/c1-3-12-31-26(30-2)23-10-9-22(29)14-24(23)27(36)34-15-20-17-35(18-21(20)16-34)28-32-13-11-25(33-28)19-7-5-4-6-8-19/h3-14,20-21H,2,15-18H2,1H3. The molecule has 2 aliphatic heterocycles. The molecule has 2 fully saturated rings. The fourth-order valence-corrected chi connectivity index (χ4v) is 4.99. The molecule has 2 saturated heterocycles. The van der Waals surface area contributed by atoms with Gasteiger partial charge in [-0.25, -0.2) is 24.3 Å². The smallest absolute Gasteiger partial charge is 0.254 e. The van der Waals surface area contributed by atoms with Crippen LogP contribution in [-0.2, 0) is 0 Å². The van der Waals surface area contributed by atoms with Gasteiger partial charge in [-0.05, 0) is 37.9 Å². The normalized spacial score (nSPS) is 19.7. The molecule has 0 spiro atoms. The molecule has 7 nitrogen and oxygen atoms in total. The number of allylic oxidation sites excluding steroid dienone is 1. The van der Waals surface area contributed by atoms with E-state index < -0.39 is 5.82 Å². The lowest BCUT2D eigenvalue weighted by Crippen LogP contribution is -2.34. The number of carbonyl (C=O) groups is 1. The number of benzene rings is 2. The molecule has 1 amide bonds. The second-order valence-electron chi connectivity index (χ2n) is 9.03. The van der Waals surface area contributed by atoms with E-state index in [2.05, 4.69) is 26.6 Å². The van der Waals surface area contributed by atoms with Gasteiger partial charge in [0.05, 0.1) is 11.3 Å². The van der Waals surface area contributed by atoms with Crippen LogP contribution < -0.4 is 4.90 Å². The summed E-state index contributed by atoms with van der Waals surface area (Å²) >= 11 is 0. The van der Waals surface area contributed by atoms with E-state index in [0.29, 0.717) is 36.4 Å². The number of aromatic nitrogens is 2. The van der Waals surface area contributed by atoms with E-state index in [0.717, 1.165) is 24.3 Å². The molecule has 3 aromatic rings. The van der Waals surface area contributed by atoms with Crippen LogP contribution in [0.1, 0.15) is 22.8 Å². The van der Waals surface area contributed by atoms with Crippen LogP contribution in [0.4, 0.5) is 10.3 Å². The number of amidine groups is 1. The van der Waals surface area contributed by atoms with Crippen LogP contribution in [-0.4, -0.2) is 59.5 Å². The highest BCUT2D eigenvalue weighted by atomic mass is 19.1. The number of amides is 1. The van der Waals surface area contributed by atoms with Gasteiger partial charge >= 0.3 is 0 Å². The minimum absolute atomic E-state index is 0.218. The van der Waals surface area contributed by atoms with E-state index in [-0.39, 0.29) is 17.3 Å². The van der Waals surface area contributed by atoms with Gasteiger partial charge in [0, 0.05) is 61.5 Å². The Morgan fingerprint density at radius 2 is 1.81 bits per heavy atom. The van der Waals surface area contributed by atoms with Crippen molar-refractivity contribution in [2.24, 2.45) is 21.8 Å². The summed E-state index contributed by atoms with van der Waals surface area (Å²) in [4.78, 5) is 35.0. The molecule has 36 heavy (non-hydrogen) atoms. The second kappa shape index (κ2) is 10.2. The lowest BCUT2D eigenvalue weighted by atomic mass is 10.0. The third-order valence-corrected chi connectivity index (χ3v) is 6.72. The first-order valence-electron chi connectivity index (χ1n) is 12.0. The number of anilines is 1. The summed E-state index contributed by atoms with van der Waals surface area (Å²) < 4.78 is 14.1. The van der Waals surface area contributed by atoms with E-state index in [4.69, 9.17) is 4.98 Å². The Bertz CT molecular complexity index is 1320. The number of halogens is 1. The molecule has 0 saturated carbocycles. The first-order valence-corrected chi connectivity index (χ1v) is 12.0. The SMILES string of the molecule is C=NC(=NC=CC)c1ccc(F)cc1C(=O)N1CC2CN(c3nccc(-c4ccccc4)n3)CC2C1. The van der Waals surface area contributed by atoms with Crippen molar-refractivity contribution < 1.29 is 9.18 Å². The molecule has 0 radical (unpaired) electrons. The molecule has 0 aliphatic carbocycles. The highest BCUT2D eigenvalue weighted by Crippen LogP contribution is 2.34. The second-order valence-corrected chi connectivity index (χ2v) is 9.03.